The fraction of sp³-hybridized carbons (Fsp3) is 0.615. The van der Waals surface area contributed by atoms with Crippen LogP contribution >= 0.6 is 0 Å². The van der Waals surface area contributed by atoms with Crippen molar-refractivity contribution in [2.75, 3.05) is 0 Å². The molecule has 1 heteroatoms. The van der Waals surface area contributed by atoms with Crippen LogP contribution in [0.15, 0.2) is 23.3 Å². The predicted molar refractivity (Wildman–Crippen MR) is 60.1 cm³/mol. The smallest absolute Gasteiger partial charge is 0.155 e. The lowest BCUT2D eigenvalue weighted by molar-refractivity contribution is -0.113. The number of allylic oxidation sites excluding steroid dienone is 4. The van der Waals surface area contributed by atoms with Gasteiger partial charge in [0.2, 0.25) is 0 Å². The molecule has 0 heterocycles. The van der Waals surface area contributed by atoms with E-state index in [9.17, 15) is 4.79 Å². The molecule has 1 aliphatic rings. The molecule has 0 fully saturated rings. The number of ketones is 1. The molecule has 1 aliphatic carbocycles. The molecule has 0 radical (unpaired) electrons. The number of hydrogen-bond donors (Lipinski definition) is 0. The molecule has 2 unspecified atom stereocenters. The Labute approximate surface area is 86.9 Å². The van der Waals surface area contributed by atoms with Crippen molar-refractivity contribution in [3.8, 4) is 0 Å². The summed E-state index contributed by atoms with van der Waals surface area (Å²) in [4.78, 5) is 11.1. The van der Waals surface area contributed by atoms with Crippen LogP contribution in [0.4, 0.5) is 0 Å². The summed E-state index contributed by atoms with van der Waals surface area (Å²) >= 11 is 0. The molecule has 0 saturated carbocycles. The van der Waals surface area contributed by atoms with Crippen molar-refractivity contribution >= 4 is 5.78 Å². The topological polar surface area (TPSA) is 17.1 Å². The Morgan fingerprint density at radius 2 is 2.14 bits per heavy atom. The van der Waals surface area contributed by atoms with Gasteiger partial charge in [0.25, 0.3) is 0 Å². The molecule has 0 aromatic carbocycles. The highest BCUT2D eigenvalue weighted by Gasteiger charge is 2.20. The van der Waals surface area contributed by atoms with Gasteiger partial charge in [0.05, 0.1) is 0 Å². The van der Waals surface area contributed by atoms with Gasteiger partial charge in [-0.1, -0.05) is 24.6 Å². The lowest BCUT2D eigenvalue weighted by Gasteiger charge is -2.26. The highest BCUT2D eigenvalue weighted by atomic mass is 16.1. The molecule has 0 amide bonds. The van der Waals surface area contributed by atoms with E-state index in [0.717, 1.165) is 5.57 Å². The Hall–Kier alpha value is -0.850. The molecule has 0 bridgehead atoms. The van der Waals surface area contributed by atoms with Gasteiger partial charge >= 0.3 is 0 Å². The number of carbonyl (C=O) groups excluding carboxylic acids is 1. The van der Waals surface area contributed by atoms with Crippen LogP contribution in [-0.4, -0.2) is 5.78 Å². The van der Waals surface area contributed by atoms with Crippen molar-refractivity contribution in [1.29, 1.82) is 0 Å². The van der Waals surface area contributed by atoms with Gasteiger partial charge in [-0.05, 0) is 45.1 Å². The second-order valence-corrected chi connectivity index (χ2v) is 4.43. The van der Waals surface area contributed by atoms with Crippen LogP contribution in [0.3, 0.4) is 0 Å². The maximum atomic E-state index is 11.1. The zero-order valence-electron chi connectivity index (χ0n) is 9.63. The normalized spacial score (nSPS) is 28.6. The third-order valence-corrected chi connectivity index (χ3v) is 3.21. The van der Waals surface area contributed by atoms with E-state index >= 15 is 0 Å². The molecule has 0 aliphatic heterocycles. The largest absolute Gasteiger partial charge is 0.295 e. The van der Waals surface area contributed by atoms with Gasteiger partial charge in [0, 0.05) is 5.92 Å². The summed E-state index contributed by atoms with van der Waals surface area (Å²) in [6.07, 6.45) is 6.87. The molecule has 78 valence electrons. The van der Waals surface area contributed by atoms with E-state index in [0.29, 0.717) is 11.8 Å². The first-order valence-electron chi connectivity index (χ1n) is 5.38. The van der Waals surface area contributed by atoms with Crippen LogP contribution in [0.5, 0.6) is 0 Å². The monoisotopic (exact) mass is 192 g/mol. The summed E-state index contributed by atoms with van der Waals surface area (Å²) in [7, 11) is 0. The third-order valence-electron chi connectivity index (χ3n) is 3.21. The first kappa shape index (κ1) is 11.2. The lowest BCUT2D eigenvalue weighted by atomic mass is 9.79. The van der Waals surface area contributed by atoms with E-state index in [1.165, 1.54) is 18.4 Å². The van der Waals surface area contributed by atoms with Crippen LogP contribution in [0.25, 0.3) is 0 Å². The van der Waals surface area contributed by atoms with Gasteiger partial charge in [0.15, 0.2) is 5.78 Å². The summed E-state index contributed by atoms with van der Waals surface area (Å²) in [6, 6.07) is 0. The van der Waals surface area contributed by atoms with E-state index < -0.39 is 0 Å². The van der Waals surface area contributed by atoms with Gasteiger partial charge in [-0.2, -0.15) is 0 Å². The van der Waals surface area contributed by atoms with Gasteiger partial charge < -0.3 is 0 Å². The Morgan fingerprint density at radius 3 is 2.64 bits per heavy atom. The Bertz CT molecular complexity index is 284. The minimum Gasteiger partial charge on any atom is -0.295 e. The fourth-order valence-electron chi connectivity index (χ4n) is 2.02. The molecule has 1 nitrogen and oxygen atoms in total. The first-order chi connectivity index (χ1) is 6.52. The van der Waals surface area contributed by atoms with E-state index in [4.69, 9.17) is 0 Å². The maximum Gasteiger partial charge on any atom is 0.155 e. The van der Waals surface area contributed by atoms with E-state index in [-0.39, 0.29) is 5.78 Å². The van der Waals surface area contributed by atoms with Crippen LogP contribution in [-0.2, 0) is 4.79 Å². The van der Waals surface area contributed by atoms with E-state index in [1.807, 2.05) is 6.92 Å². The quantitative estimate of drug-likeness (QED) is 0.483. The first-order valence-corrected chi connectivity index (χ1v) is 5.38. The summed E-state index contributed by atoms with van der Waals surface area (Å²) in [5.74, 6) is 1.34. The number of carbonyl (C=O) groups is 1. The minimum atomic E-state index is 0.190. The molecule has 0 saturated heterocycles. The maximum absolute atomic E-state index is 11.1. The minimum absolute atomic E-state index is 0.190. The summed E-state index contributed by atoms with van der Waals surface area (Å²) in [5, 5.41) is 0. The highest BCUT2D eigenvalue weighted by molar-refractivity contribution is 5.92. The summed E-state index contributed by atoms with van der Waals surface area (Å²) in [5.41, 5.74) is 2.32. The average molecular weight is 192 g/mol. The standard InChI is InChI=1S/C13H20O/c1-9-6-5-7-10(2)13(9)8-11(3)12(4)14/h6,8,10,13H,5,7H2,1-4H3. The number of Topliss-reactive ketones (excluding diaryl/α,β-unsaturated/α-hetero) is 1. The van der Waals surface area contributed by atoms with Crippen molar-refractivity contribution in [1.82, 2.24) is 0 Å². The third kappa shape index (κ3) is 2.57. The van der Waals surface area contributed by atoms with Crippen molar-refractivity contribution in [2.24, 2.45) is 11.8 Å². The van der Waals surface area contributed by atoms with E-state index in [1.54, 1.807) is 6.92 Å². The molecule has 2 atom stereocenters. The molecular formula is C13H20O. The second-order valence-electron chi connectivity index (χ2n) is 4.43. The Kier molecular flexibility index (Phi) is 3.68. The van der Waals surface area contributed by atoms with Crippen LogP contribution in [0.2, 0.25) is 0 Å². The molecule has 14 heavy (non-hydrogen) atoms. The van der Waals surface area contributed by atoms with Gasteiger partial charge in [-0.25, -0.2) is 0 Å². The zero-order valence-corrected chi connectivity index (χ0v) is 9.63. The molecule has 0 aromatic rings. The number of rotatable bonds is 2. The zero-order chi connectivity index (χ0) is 10.7. The van der Waals surface area contributed by atoms with E-state index in [2.05, 4.69) is 26.0 Å². The molecule has 0 aromatic heterocycles. The molecule has 1 rings (SSSR count). The summed E-state index contributed by atoms with van der Waals surface area (Å²) in [6.45, 7) is 7.99. The van der Waals surface area contributed by atoms with Crippen molar-refractivity contribution in [3.05, 3.63) is 23.3 Å². The Morgan fingerprint density at radius 1 is 1.50 bits per heavy atom. The lowest BCUT2D eigenvalue weighted by Crippen LogP contribution is -2.15. The van der Waals surface area contributed by atoms with Crippen molar-refractivity contribution in [2.45, 2.75) is 40.5 Å². The average Bonchev–Trinajstić information content (AvgIpc) is 2.11. The van der Waals surface area contributed by atoms with Crippen LogP contribution < -0.4 is 0 Å². The van der Waals surface area contributed by atoms with Crippen LogP contribution in [0, 0.1) is 11.8 Å². The molecule has 0 spiro atoms. The van der Waals surface area contributed by atoms with Crippen molar-refractivity contribution < 1.29 is 4.79 Å². The van der Waals surface area contributed by atoms with Gasteiger partial charge in [0.1, 0.15) is 0 Å². The second kappa shape index (κ2) is 4.59. The van der Waals surface area contributed by atoms with Gasteiger partial charge in [-0.3, -0.25) is 4.79 Å². The fourth-order valence-corrected chi connectivity index (χ4v) is 2.02. The Balaban J connectivity index is 2.85. The SMILES string of the molecule is CC(=O)C(C)=CC1C(C)=CCCC1C. The van der Waals surface area contributed by atoms with Gasteiger partial charge in [-0.15, -0.1) is 0 Å². The van der Waals surface area contributed by atoms with Crippen LogP contribution in [0.1, 0.15) is 40.5 Å². The predicted octanol–water partition coefficient (Wildman–Crippen LogP) is 3.51. The highest BCUT2D eigenvalue weighted by Crippen LogP contribution is 2.31. The molecule has 0 N–H and O–H groups in total. The number of hydrogen-bond acceptors (Lipinski definition) is 1. The van der Waals surface area contributed by atoms with Crippen molar-refractivity contribution in [3.63, 3.8) is 0 Å². The molecular weight excluding hydrogens is 172 g/mol. The summed E-state index contributed by atoms with van der Waals surface area (Å²) < 4.78 is 0.